The molecule has 1 aromatic rings. The Morgan fingerprint density at radius 3 is 2.52 bits per heavy atom. The smallest absolute Gasteiger partial charge is 0.352 e. The number of rotatable bonds is 4. The molecule has 0 spiro atoms. The topological polar surface area (TPSA) is 69.6 Å². The van der Waals surface area contributed by atoms with Crippen molar-refractivity contribution in [3.05, 3.63) is 24.3 Å². The van der Waals surface area contributed by atoms with Crippen molar-refractivity contribution in [1.29, 1.82) is 0 Å². The lowest BCUT2D eigenvalue weighted by molar-refractivity contribution is -0.212. The lowest BCUT2D eigenvalue weighted by Gasteiger charge is -2.41. The first-order valence-corrected chi connectivity index (χ1v) is 7.66. The van der Waals surface area contributed by atoms with Gasteiger partial charge >= 0.3 is 5.92 Å². The Morgan fingerprint density at radius 1 is 1.26 bits per heavy atom. The Morgan fingerprint density at radius 2 is 1.96 bits per heavy atom. The Hall–Kier alpha value is -2.02. The average Bonchev–Trinajstić information content (AvgIpc) is 2.91. The summed E-state index contributed by atoms with van der Waals surface area (Å²) in [5.41, 5.74) is -1.72. The van der Waals surface area contributed by atoms with Gasteiger partial charge in [0.1, 0.15) is 5.60 Å². The van der Waals surface area contributed by atoms with Gasteiger partial charge in [-0.25, -0.2) is 0 Å². The van der Waals surface area contributed by atoms with Gasteiger partial charge < -0.3 is 15.3 Å². The summed E-state index contributed by atoms with van der Waals surface area (Å²) in [4.78, 5) is 25.3. The molecule has 0 radical (unpaired) electrons. The van der Waals surface area contributed by atoms with Crippen LogP contribution in [0.3, 0.4) is 0 Å². The highest BCUT2D eigenvalue weighted by molar-refractivity contribution is 6.04. The van der Waals surface area contributed by atoms with Gasteiger partial charge in [-0.15, -0.1) is 0 Å². The number of benzene rings is 1. The number of anilines is 2. The van der Waals surface area contributed by atoms with Gasteiger partial charge in [-0.3, -0.25) is 9.59 Å². The molecule has 7 heteroatoms. The highest BCUT2D eigenvalue weighted by Gasteiger charge is 2.61. The normalized spacial score (nSPS) is 20.3. The Balaban J connectivity index is 1.83. The monoisotopic (exact) mass is 324 g/mol. The van der Waals surface area contributed by atoms with E-state index in [4.69, 9.17) is 0 Å². The minimum Gasteiger partial charge on any atom is -0.383 e. The zero-order valence-electron chi connectivity index (χ0n) is 12.5. The molecule has 1 saturated carbocycles. The van der Waals surface area contributed by atoms with Gasteiger partial charge in [0.2, 0.25) is 5.91 Å². The molecular weight excluding hydrogens is 306 g/mol. The minimum absolute atomic E-state index is 0.0975. The van der Waals surface area contributed by atoms with Gasteiger partial charge in [-0.2, -0.15) is 8.78 Å². The summed E-state index contributed by atoms with van der Waals surface area (Å²) in [6, 6.07) is 6.35. The molecule has 2 fully saturated rings. The molecule has 1 heterocycles. The molecule has 1 aromatic carbocycles. The van der Waals surface area contributed by atoms with Crippen molar-refractivity contribution in [1.82, 2.24) is 0 Å². The van der Waals surface area contributed by atoms with Gasteiger partial charge in [-0.1, -0.05) is 12.1 Å². The predicted molar refractivity (Wildman–Crippen MR) is 80.4 cm³/mol. The molecule has 5 nitrogen and oxygen atoms in total. The molecule has 1 aliphatic carbocycles. The van der Waals surface area contributed by atoms with Crippen LogP contribution in [0.5, 0.6) is 0 Å². The van der Waals surface area contributed by atoms with Gasteiger partial charge in [0.15, 0.2) is 0 Å². The highest BCUT2D eigenvalue weighted by atomic mass is 19.3. The summed E-state index contributed by atoms with van der Waals surface area (Å²) in [5, 5.41) is 12.0. The van der Waals surface area contributed by atoms with E-state index in [1.54, 1.807) is 18.2 Å². The molecule has 0 aromatic heterocycles. The van der Waals surface area contributed by atoms with Crippen molar-refractivity contribution in [2.45, 2.75) is 43.6 Å². The average molecular weight is 324 g/mol. The van der Waals surface area contributed by atoms with Crippen molar-refractivity contribution >= 4 is 23.2 Å². The Kier molecular flexibility index (Phi) is 3.83. The van der Waals surface area contributed by atoms with Crippen LogP contribution in [0.4, 0.5) is 20.2 Å². The molecule has 0 atom stereocenters. The molecule has 23 heavy (non-hydrogen) atoms. The lowest BCUT2D eigenvalue weighted by Crippen LogP contribution is -2.59. The zero-order chi connectivity index (χ0) is 16.7. The lowest BCUT2D eigenvalue weighted by atomic mass is 9.75. The largest absolute Gasteiger partial charge is 0.383 e. The van der Waals surface area contributed by atoms with Gasteiger partial charge in [0.25, 0.3) is 5.91 Å². The number of alkyl halides is 2. The first-order valence-electron chi connectivity index (χ1n) is 7.66. The van der Waals surface area contributed by atoms with Crippen LogP contribution in [-0.4, -0.2) is 35.0 Å². The van der Waals surface area contributed by atoms with Gasteiger partial charge in [-0.05, 0) is 37.8 Å². The summed E-state index contributed by atoms with van der Waals surface area (Å²) < 4.78 is 28.4. The molecule has 1 saturated heterocycles. The second-order valence-electron chi connectivity index (χ2n) is 6.08. The zero-order valence-corrected chi connectivity index (χ0v) is 12.5. The van der Waals surface area contributed by atoms with E-state index in [1.807, 2.05) is 0 Å². The number of hydrogen-bond donors (Lipinski definition) is 2. The fraction of sp³-hybridized carbons (Fsp3) is 0.500. The third-order valence-corrected chi connectivity index (χ3v) is 4.57. The fourth-order valence-corrected chi connectivity index (χ4v) is 2.96. The third-order valence-electron chi connectivity index (χ3n) is 4.57. The van der Waals surface area contributed by atoms with Crippen LogP contribution in [0.25, 0.3) is 0 Å². The highest BCUT2D eigenvalue weighted by Crippen LogP contribution is 2.45. The summed E-state index contributed by atoms with van der Waals surface area (Å²) in [6.07, 6.45) is 1.37. The molecule has 2 aliphatic rings. The summed E-state index contributed by atoms with van der Waals surface area (Å²) in [7, 11) is 0. The van der Waals surface area contributed by atoms with Crippen LogP contribution in [0.15, 0.2) is 24.3 Å². The van der Waals surface area contributed by atoms with E-state index in [0.717, 1.165) is 0 Å². The number of aliphatic hydroxyl groups is 1. The van der Waals surface area contributed by atoms with Crippen molar-refractivity contribution in [3.8, 4) is 0 Å². The first kappa shape index (κ1) is 15.9. The maximum absolute atomic E-state index is 14.2. The number of nitrogens with one attached hydrogen (secondary N) is 1. The summed E-state index contributed by atoms with van der Waals surface area (Å²) in [5.74, 6) is -5.51. The molecule has 0 unspecified atom stereocenters. The second kappa shape index (κ2) is 5.56. The van der Waals surface area contributed by atoms with Crippen molar-refractivity contribution in [2.75, 3.05) is 16.8 Å². The van der Waals surface area contributed by atoms with E-state index >= 15 is 0 Å². The van der Waals surface area contributed by atoms with Crippen LogP contribution in [0.2, 0.25) is 0 Å². The molecule has 0 bridgehead atoms. The molecule has 3 rings (SSSR count). The predicted octanol–water partition coefficient (Wildman–Crippen LogP) is 2.30. The van der Waals surface area contributed by atoms with Crippen LogP contribution < -0.4 is 10.2 Å². The number of carbonyl (C=O) groups is 2. The van der Waals surface area contributed by atoms with Gasteiger partial charge in [0.05, 0.1) is 11.4 Å². The van der Waals surface area contributed by atoms with E-state index in [0.29, 0.717) is 31.5 Å². The number of nitrogens with zero attached hydrogens (tertiary/aromatic N) is 1. The van der Waals surface area contributed by atoms with Crippen molar-refractivity contribution in [3.63, 3.8) is 0 Å². The van der Waals surface area contributed by atoms with Crippen LogP contribution in [0.1, 0.15) is 32.1 Å². The number of hydrogen-bond acceptors (Lipinski definition) is 3. The minimum atomic E-state index is -3.87. The maximum atomic E-state index is 14.2. The number of carbonyl (C=O) groups excluding carboxylic acids is 2. The molecule has 1 aliphatic heterocycles. The molecule has 124 valence electrons. The van der Waals surface area contributed by atoms with E-state index in [2.05, 4.69) is 5.32 Å². The fourth-order valence-electron chi connectivity index (χ4n) is 2.96. The molecule has 2 amide bonds. The number of amides is 2. The first-order chi connectivity index (χ1) is 10.8. The third kappa shape index (κ3) is 2.59. The SMILES string of the molecule is O=C1CCCN1c1ccccc1NC(=O)C(F)(F)C1(O)CCC1. The Labute approximate surface area is 132 Å². The summed E-state index contributed by atoms with van der Waals surface area (Å²) >= 11 is 0. The standard InChI is InChI=1S/C16H18F2N2O3/c17-16(18,15(23)8-4-9-15)14(22)19-11-5-1-2-6-12(11)20-10-3-7-13(20)21/h1-2,5-6,23H,3-4,7-10H2,(H,19,22). The van der Waals surface area contributed by atoms with Crippen molar-refractivity contribution < 1.29 is 23.5 Å². The molecule has 2 N–H and O–H groups in total. The quantitative estimate of drug-likeness (QED) is 0.893. The van der Waals surface area contributed by atoms with Crippen LogP contribution in [0, 0.1) is 0 Å². The number of para-hydroxylation sites is 2. The Bertz CT molecular complexity index is 644. The number of halogens is 2. The van der Waals surface area contributed by atoms with E-state index in [-0.39, 0.29) is 24.4 Å². The second-order valence-corrected chi connectivity index (χ2v) is 6.08. The van der Waals surface area contributed by atoms with Crippen LogP contribution in [-0.2, 0) is 9.59 Å². The van der Waals surface area contributed by atoms with Crippen LogP contribution >= 0.6 is 0 Å². The summed E-state index contributed by atoms with van der Waals surface area (Å²) in [6.45, 7) is 0.492. The van der Waals surface area contributed by atoms with Crippen molar-refractivity contribution in [2.24, 2.45) is 0 Å². The molecular formula is C16H18F2N2O3. The van der Waals surface area contributed by atoms with E-state index in [9.17, 15) is 23.5 Å². The maximum Gasteiger partial charge on any atom is 0.352 e. The van der Waals surface area contributed by atoms with E-state index in [1.165, 1.54) is 11.0 Å². The van der Waals surface area contributed by atoms with Gasteiger partial charge in [0, 0.05) is 13.0 Å². The van der Waals surface area contributed by atoms with E-state index < -0.39 is 17.4 Å².